The van der Waals surface area contributed by atoms with Crippen LogP contribution in [0.5, 0.6) is 0 Å². The molecule has 3 aliphatic carbocycles. The molecule has 1 fully saturated rings. The van der Waals surface area contributed by atoms with E-state index in [9.17, 15) is 23.6 Å². The van der Waals surface area contributed by atoms with E-state index in [1.807, 2.05) is 48.5 Å². The highest BCUT2D eigenvalue weighted by molar-refractivity contribution is 6.36. The fourth-order valence-corrected chi connectivity index (χ4v) is 7.18. The monoisotopic (exact) mass is 551 g/mol. The molecule has 3 aromatic carbocycles. The Morgan fingerprint density at radius 3 is 1.68 bits per heavy atom. The van der Waals surface area contributed by atoms with Gasteiger partial charge in [0, 0.05) is 12.1 Å². The first-order valence-corrected chi connectivity index (χ1v) is 12.8. The lowest BCUT2D eigenvalue weighted by Crippen LogP contribution is -2.57. The van der Waals surface area contributed by atoms with E-state index in [0.29, 0.717) is 22.3 Å². The zero-order valence-electron chi connectivity index (χ0n) is 19.8. The topological polar surface area (TPSA) is 80.8 Å². The Balaban J connectivity index is 1.23. The standard InChI is InChI=1S/C29H20Cl2FNO5/c30-28-18-5-1-2-6-19(18)29(31,21-8-4-3-7-20(21)28)25-24(28)26(36)33(27(25)37)14-13-23(35)38-15-22(34)16-9-11-17(32)12-10-16/h1-12,24-25H,13-15H2/t24-,25+,28?,29?. The predicted octanol–water partition coefficient (Wildman–Crippen LogP) is 4.53. The molecule has 4 aliphatic rings. The summed E-state index contributed by atoms with van der Waals surface area (Å²) in [6.45, 7) is -0.779. The molecule has 1 aliphatic heterocycles. The number of hydrogen-bond donors (Lipinski definition) is 0. The Morgan fingerprint density at radius 2 is 1.24 bits per heavy atom. The maximum Gasteiger partial charge on any atom is 0.308 e. The molecular weight excluding hydrogens is 532 g/mol. The number of likely N-dealkylation sites (tertiary alicyclic amines) is 1. The van der Waals surface area contributed by atoms with Crippen molar-refractivity contribution in [3.8, 4) is 0 Å². The van der Waals surface area contributed by atoms with E-state index >= 15 is 0 Å². The average molecular weight is 552 g/mol. The first-order valence-electron chi connectivity index (χ1n) is 12.1. The van der Waals surface area contributed by atoms with Gasteiger partial charge in [0.05, 0.1) is 18.3 Å². The molecule has 0 aromatic heterocycles. The molecule has 0 spiro atoms. The number of ether oxygens (including phenoxy) is 1. The van der Waals surface area contributed by atoms with Crippen molar-refractivity contribution in [2.75, 3.05) is 13.2 Å². The van der Waals surface area contributed by atoms with Crippen molar-refractivity contribution in [1.82, 2.24) is 4.90 Å². The maximum atomic E-state index is 13.7. The normalized spacial score (nSPS) is 26.6. The minimum atomic E-state index is -1.29. The smallest absolute Gasteiger partial charge is 0.308 e. The Hall–Kier alpha value is -3.55. The van der Waals surface area contributed by atoms with E-state index in [1.54, 1.807) is 0 Å². The van der Waals surface area contributed by atoms with Crippen molar-refractivity contribution in [1.29, 1.82) is 0 Å². The second-order valence-corrected chi connectivity index (χ2v) is 10.8. The van der Waals surface area contributed by atoms with Gasteiger partial charge in [0.25, 0.3) is 0 Å². The van der Waals surface area contributed by atoms with Gasteiger partial charge in [0.15, 0.2) is 12.4 Å². The molecule has 9 heteroatoms. The molecule has 7 rings (SSSR count). The van der Waals surface area contributed by atoms with Crippen LogP contribution in [0.15, 0.2) is 72.8 Å². The molecule has 3 aromatic rings. The molecule has 192 valence electrons. The largest absolute Gasteiger partial charge is 0.457 e. The summed E-state index contributed by atoms with van der Waals surface area (Å²) < 4.78 is 18.1. The van der Waals surface area contributed by atoms with E-state index in [0.717, 1.165) is 17.0 Å². The van der Waals surface area contributed by atoms with E-state index in [-0.39, 0.29) is 18.5 Å². The molecule has 0 saturated carbocycles. The molecule has 38 heavy (non-hydrogen) atoms. The lowest BCUT2D eigenvalue weighted by atomic mass is 9.54. The summed E-state index contributed by atoms with van der Waals surface area (Å²) >= 11 is 14.7. The molecule has 2 amide bonds. The van der Waals surface area contributed by atoms with E-state index < -0.39 is 57.6 Å². The first kappa shape index (κ1) is 24.8. The van der Waals surface area contributed by atoms with Crippen LogP contribution in [0.1, 0.15) is 39.0 Å². The molecule has 6 nitrogen and oxygen atoms in total. The van der Waals surface area contributed by atoms with Crippen LogP contribution < -0.4 is 0 Å². The number of ketones is 1. The fraction of sp³-hybridized carbons (Fsp3) is 0.241. The second kappa shape index (κ2) is 8.75. The minimum absolute atomic E-state index is 0.197. The van der Waals surface area contributed by atoms with Crippen LogP contribution in [0.4, 0.5) is 4.39 Å². The van der Waals surface area contributed by atoms with Crippen molar-refractivity contribution in [3.63, 3.8) is 0 Å². The van der Waals surface area contributed by atoms with Crippen LogP contribution in [0.3, 0.4) is 0 Å². The summed E-state index contributed by atoms with van der Waals surface area (Å²) in [5, 5.41) is 0. The van der Waals surface area contributed by atoms with Gasteiger partial charge in [-0.2, -0.15) is 0 Å². The average Bonchev–Trinajstić information content (AvgIpc) is 3.19. The number of carbonyl (C=O) groups excluding carboxylic acids is 4. The molecule has 2 bridgehead atoms. The number of nitrogens with zero attached hydrogens (tertiary/aromatic N) is 1. The van der Waals surface area contributed by atoms with Gasteiger partial charge in [-0.25, -0.2) is 4.39 Å². The number of Topliss-reactive ketones (excluding diaryl/α,β-unsaturated/α-hetero) is 1. The van der Waals surface area contributed by atoms with Gasteiger partial charge in [0.2, 0.25) is 11.8 Å². The van der Waals surface area contributed by atoms with Crippen LogP contribution in [-0.4, -0.2) is 41.6 Å². The van der Waals surface area contributed by atoms with Crippen LogP contribution in [0.2, 0.25) is 0 Å². The quantitative estimate of drug-likeness (QED) is 0.194. The van der Waals surface area contributed by atoms with Crippen molar-refractivity contribution in [3.05, 3.63) is 106 Å². The highest BCUT2D eigenvalue weighted by atomic mass is 35.5. The van der Waals surface area contributed by atoms with Crippen LogP contribution in [0, 0.1) is 17.7 Å². The van der Waals surface area contributed by atoms with Gasteiger partial charge in [-0.1, -0.05) is 48.5 Å². The van der Waals surface area contributed by atoms with Crippen LogP contribution in [-0.2, 0) is 28.9 Å². The zero-order chi connectivity index (χ0) is 26.8. The number of hydrogen-bond acceptors (Lipinski definition) is 5. The van der Waals surface area contributed by atoms with Gasteiger partial charge in [-0.05, 0) is 46.5 Å². The van der Waals surface area contributed by atoms with Crippen LogP contribution >= 0.6 is 23.2 Å². The van der Waals surface area contributed by atoms with Crippen molar-refractivity contribution < 1.29 is 28.3 Å². The predicted molar refractivity (Wildman–Crippen MR) is 136 cm³/mol. The Morgan fingerprint density at radius 1 is 0.789 bits per heavy atom. The van der Waals surface area contributed by atoms with Crippen molar-refractivity contribution >= 4 is 46.8 Å². The summed E-state index contributed by atoms with van der Waals surface area (Å²) in [5.74, 6) is -4.65. The summed E-state index contributed by atoms with van der Waals surface area (Å²) in [6, 6.07) is 19.5. The van der Waals surface area contributed by atoms with Crippen LogP contribution in [0.25, 0.3) is 0 Å². The number of esters is 1. The van der Waals surface area contributed by atoms with E-state index in [1.165, 1.54) is 12.1 Å². The van der Waals surface area contributed by atoms with Gasteiger partial charge in [-0.3, -0.25) is 24.1 Å². The number of rotatable bonds is 6. The van der Waals surface area contributed by atoms with Gasteiger partial charge >= 0.3 is 5.97 Å². The summed E-state index contributed by atoms with van der Waals surface area (Å²) in [6.07, 6.45) is -0.307. The van der Waals surface area contributed by atoms with Crippen molar-refractivity contribution in [2.45, 2.75) is 16.2 Å². The Kier molecular flexibility index (Phi) is 5.70. The third-order valence-corrected chi connectivity index (χ3v) is 9.03. The highest BCUT2D eigenvalue weighted by Gasteiger charge is 2.72. The van der Waals surface area contributed by atoms with Gasteiger partial charge in [0.1, 0.15) is 15.6 Å². The third-order valence-electron chi connectivity index (χ3n) is 7.75. The second-order valence-electron chi connectivity index (χ2n) is 9.64. The summed E-state index contributed by atoms with van der Waals surface area (Å²) in [5.41, 5.74) is 2.97. The highest BCUT2D eigenvalue weighted by Crippen LogP contribution is 2.69. The molecule has 2 atom stereocenters. The molecule has 0 N–H and O–H groups in total. The SMILES string of the molecule is O=C(CCN1C(=O)[C@@H]2[C@H](C1=O)C1(Cl)c3ccccc3C2(Cl)c2ccccc21)OCC(=O)c1ccc(F)cc1. The lowest BCUT2D eigenvalue weighted by molar-refractivity contribution is -0.145. The van der Waals surface area contributed by atoms with Crippen molar-refractivity contribution in [2.24, 2.45) is 11.8 Å². The molecular formula is C29H20Cl2FNO5. The lowest BCUT2D eigenvalue weighted by Gasteiger charge is -2.54. The first-order chi connectivity index (χ1) is 18.2. The number of amides is 2. The number of halogens is 3. The molecule has 0 radical (unpaired) electrons. The number of alkyl halides is 2. The van der Waals surface area contributed by atoms with Gasteiger partial charge < -0.3 is 4.74 Å². The number of benzene rings is 3. The number of carbonyl (C=O) groups is 4. The molecule has 1 heterocycles. The summed E-state index contributed by atoms with van der Waals surface area (Å²) in [7, 11) is 0. The summed E-state index contributed by atoms with van der Waals surface area (Å²) in [4.78, 5) is 50.5. The van der Waals surface area contributed by atoms with E-state index in [4.69, 9.17) is 27.9 Å². The Bertz CT molecular complexity index is 1400. The number of imide groups is 1. The maximum absolute atomic E-state index is 13.7. The fourth-order valence-electron chi connectivity index (χ4n) is 6.09. The Labute approximate surface area is 227 Å². The third kappa shape index (κ3) is 3.31. The molecule has 0 unspecified atom stereocenters. The van der Waals surface area contributed by atoms with Gasteiger partial charge in [-0.15, -0.1) is 23.2 Å². The van der Waals surface area contributed by atoms with E-state index in [2.05, 4.69) is 0 Å². The molecule has 1 saturated heterocycles. The minimum Gasteiger partial charge on any atom is -0.457 e. The zero-order valence-corrected chi connectivity index (χ0v) is 21.3.